The van der Waals surface area contributed by atoms with Crippen LogP contribution in [0, 0.1) is 10.1 Å². The normalized spacial score (nSPS) is 17.2. The van der Waals surface area contributed by atoms with Gasteiger partial charge in [-0.1, -0.05) is 12.1 Å². The third-order valence-electron chi connectivity index (χ3n) is 3.18. The van der Waals surface area contributed by atoms with Gasteiger partial charge in [0.1, 0.15) is 5.84 Å². The van der Waals surface area contributed by atoms with Gasteiger partial charge in [0.05, 0.1) is 13.2 Å². The number of carbonyl (C=O) groups is 2. The average molecular weight is 347 g/mol. The van der Waals surface area contributed by atoms with Crippen LogP contribution in [-0.4, -0.2) is 41.8 Å². The zero-order chi connectivity index (χ0) is 18.4. The molecule has 0 saturated heterocycles. The van der Waals surface area contributed by atoms with Gasteiger partial charge in [-0.25, -0.2) is 0 Å². The molecule has 1 aliphatic rings. The van der Waals surface area contributed by atoms with Crippen molar-refractivity contribution < 1.29 is 24.0 Å². The molecule has 0 fully saturated rings. The van der Waals surface area contributed by atoms with Crippen LogP contribution in [-0.2, 0) is 9.59 Å². The maximum Gasteiger partial charge on any atom is 0.368 e. The fourth-order valence-corrected chi connectivity index (χ4v) is 2.13. The lowest BCUT2D eigenvalue weighted by Gasteiger charge is -2.13. The van der Waals surface area contributed by atoms with Crippen LogP contribution in [0.25, 0.3) is 6.08 Å². The van der Waals surface area contributed by atoms with E-state index < -0.39 is 22.8 Å². The number of benzene rings is 1. The lowest BCUT2D eigenvalue weighted by molar-refractivity contribution is -0.493. The number of amidine groups is 1. The minimum Gasteiger partial charge on any atom is -0.490 e. The number of aliphatic imine (C=N–C) groups is 1. The van der Waals surface area contributed by atoms with Crippen molar-refractivity contribution in [2.45, 2.75) is 19.9 Å². The van der Waals surface area contributed by atoms with Crippen molar-refractivity contribution in [1.29, 1.82) is 0 Å². The van der Waals surface area contributed by atoms with Crippen molar-refractivity contribution >= 4 is 23.7 Å². The molecule has 25 heavy (non-hydrogen) atoms. The number of hydrogen-bond acceptors (Lipinski definition) is 6. The first-order chi connectivity index (χ1) is 12.0. The van der Waals surface area contributed by atoms with Crippen LogP contribution >= 0.6 is 0 Å². The number of rotatable bonds is 7. The third kappa shape index (κ3) is 4.40. The van der Waals surface area contributed by atoms with Crippen LogP contribution in [0.5, 0.6) is 11.5 Å². The first-order valence-corrected chi connectivity index (χ1v) is 7.60. The molecule has 2 amide bonds. The SMILES string of the molecule is CCOc1ccc(/C=C/C2=NC(=O)C([N+](=O)[O-])C(=O)N2)cc1OCC. The first-order valence-electron chi connectivity index (χ1n) is 7.60. The van der Waals surface area contributed by atoms with Crippen LogP contribution in [0.1, 0.15) is 19.4 Å². The molecule has 0 spiro atoms. The van der Waals surface area contributed by atoms with Gasteiger partial charge in [0, 0.05) is 4.92 Å². The van der Waals surface area contributed by atoms with E-state index in [0.29, 0.717) is 30.3 Å². The first kappa shape index (κ1) is 18.1. The second kappa shape index (κ2) is 8.04. The highest BCUT2D eigenvalue weighted by Crippen LogP contribution is 2.29. The van der Waals surface area contributed by atoms with Gasteiger partial charge in [-0.15, -0.1) is 0 Å². The Kier molecular flexibility index (Phi) is 5.83. The highest BCUT2D eigenvalue weighted by molar-refractivity contribution is 6.21. The number of nitro groups is 1. The standard InChI is InChI=1S/C16H17N3O6/c1-3-24-11-7-5-10(9-12(11)25-4-2)6-8-13-17-15(20)14(19(22)23)16(21)18-13/h5-9,14H,3-4H2,1-2H3,(H,17,18,20,21)/b8-6+. The van der Waals surface area contributed by atoms with Crippen molar-refractivity contribution in [3.8, 4) is 11.5 Å². The average Bonchev–Trinajstić information content (AvgIpc) is 2.54. The molecule has 0 aromatic heterocycles. The molecule has 1 aliphatic heterocycles. The molecule has 1 atom stereocenters. The molecule has 1 unspecified atom stereocenters. The fourth-order valence-electron chi connectivity index (χ4n) is 2.13. The van der Waals surface area contributed by atoms with E-state index in [-0.39, 0.29) is 5.84 Å². The van der Waals surface area contributed by atoms with Gasteiger partial charge in [-0.2, -0.15) is 4.99 Å². The molecule has 1 aromatic carbocycles. The van der Waals surface area contributed by atoms with E-state index in [1.807, 2.05) is 13.8 Å². The Morgan fingerprint density at radius 3 is 2.48 bits per heavy atom. The van der Waals surface area contributed by atoms with Gasteiger partial charge in [0.25, 0.3) is 0 Å². The number of nitrogens with zero attached hydrogens (tertiary/aromatic N) is 2. The number of ether oxygens (including phenoxy) is 2. The topological polar surface area (TPSA) is 120 Å². The maximum atomic E-state index is 11.6. The molecule has 0 saturated carbocycles. The Hall–Kier alpha value is -3.23. The number of hydrogen-bond donors (Lipinski definition) is 1. The summed E-state index contributed by atoms with van der Waals surface area (Å²) in [6.45, 7) is 4.68. The van der Waals surface area contributed by atoms with Gasteiger partial charge in [-0.05, 0) is 37.6 Å². The van der Waals surface area contributed by atoms with Crippen molar-refractivity contribution in [2.24, 2.45) is 4.99 Å². The largest absolute Gasteiger partial charge is 0.490 e. The minimum atomic E-state index is -1.99. The predicted molar refractivity (Wildman–Crippen MR) is 89.2 cm³/mol. The summed E-state index contributed by atoms with van der Waals surface area (Å²) >= 11 is 0. The molecule has 2 rings (SSSR count). The van der Waals surface area contributed by atoms with Crippen LogP contribution in [0.2, 0.25) is 0 Å². The van der Waals surface area contributed by atoms with E-state index in [1.165, 1.54) is 6.08 Å². The highest BCUT2D eigenvalue weighted by atomic mass is 16.6. The van der Waals surface area contributed by atoms with Gasteiger partial charge in [0.15, 0.2) is 11.5 Å². The summed E-state index contributed by atoms with van der Waals surface area (Å²) in [6.07, 6.45) is 2.98. The Morgan fingerprint density at radius 1 is 1.20 bits per heavy atom. The molecular formula is C16H17N3O6. The monoisotopic (exact) mass is 347 g/mol. The molecule has 1 aromatic rings. The smallest absolute Gasteiger partial charge is 0.368 e. The third-order valence-corrected chi connectivity index (χ3v) is 3.18. The highest BCUT2D eigenvalue weighted by Gasteiger charge is 2.41. The Balaban J connectivity index is 2.20. The van der Waals surface area contributed by atoms with E-state index in [1.54, 1.807) is 24.3 Å². The summed E-state index contributed by atoms with van der Waals surface area (Å²) in [6, 6.07) is 3.24. The zero-order valence-electron chi connectivity index (χ0n) is 13.7. The molecule has 1 N–H and O–H groups in total. The Bertz CT molecular complexity index is 756. The van der Waals surface area contributed by atoms with E-state index in [0.717, 1.165) is 0 Å². The molecule has 0 aliphatic carbocycles. The minimum absolute atomic E-state index is 0.0556. The summed E-state index contributed by atoms with van der Waals surface area (Å²) in [4.78, 5) is 36.4. The van der Waals surface area contributed by atoms with Crippen molar-refractivity contribution in [2.75, 3.05) is 13.2 Å². The number of nitrogens with one attached hydrogen (secondary N) is 1. The van der Waals surface area contributed by atoms with E-state index in [9.17, 15) is 19.7 Å². The van der Waals surface area contributed by atoms with Gasteiger partial charge in [-0.3, -0.25) is 19.7 Å². The van der Waals surface area contributed by atoms with Crippen molar-refractivity contribution in [3.63, 3.8) is 0 Å². The Morgan fingerprint density at radius 2 is 1.88 bits per heavy atom. The Labute approximate surface area is 143 Å². The van der Waals surface area contributed by atoms with Crippen LogP contribution < -0.4 is 14.8 Å². The van der Waals surface area contributed by atoms with Crippen LogP contribution in [0.3, 0.4) is 0 Å². The molecule has 9 nitrogen and oxygen atoms in total. The molecule has 1 heterocycles. The van der Waals surface area contributed by atoms with Gasteiger partial charge in [0.2, 0.25) is 0 Å². The second-order valence-corrected chi connectivity index (χ2v) is 4.92. The molecular weight excluding hydrogens is 330 g/mol. The van der Waals surface area contributed by atoms with Crippen molar-refractivity contribution in [1.82, 2.24) is 5.32 Å². The summed E-state index contributed by atoms with van der Waals surface area (Å²) in [5.74, 6) is -0.999. The van der Waals surface area contributed by atoms with Crippen LogP contribution in [0.4, 0.5) is 0 Å². The number of amides is 2. The molecule has 9 heteroatoms. The van der Waals surface area contributed by atoms with E-state index in [4.69, 9.17) is 9.47 Å². The lowest BCUT2D eigenvalue weighted by atomic mass is 10.1. The lowest BCUT2D eigenvalue weighted by Crippen LogP contribution is -2.50. The summed E-state index contributed by atoms with van der Waals surface area (Å²) in [7, 11) is 0. The van der Waals surface area contributed by atoms with Gasteiger partial charge < -0.3 is 14.8 Å². The zero-order valence-corrected chi connectivity index (χ0v) is 13.7. The van der Waals surface area contributed by atoms with E-state index in [2.05, 4.69) is 10.3 Å². The quantitative estimate of drug-likeness (QED) is 0.449. The second-order valence-electron chi connectivity index (χ2n) is 4.92. The van der Waals surface area contributed by atoms with Crippen molar-refractivity contribution in [3.05, 3.63) is 40.0 Å². The van der Waals surface area contributed by atoms with E-state index >= 15 is 0 Å². The van der Waals surface area contributed by atoms with Crippen LogP contribution in [0.15, 0.2) is 29.3 Å². The predicted octanol–water partition coefficient (Wildman–Crippen LogP) is 1.20. The molecule has 0 bridgehead atoms. The summed E-state index contributed by atoms with van der Waals surface area (Å²) < 4.78 is 11.0. The molecule has 0 radical (unpaired) electrons. The molecule has 132 valence electrons. The maximum absolute atomic E-state index is 11.6. The number of carbonyl (C=O) groups excluding carboxylic acids is 2. The van der Waals surface area contributed by atoms with Gasteiger partial charge >= 0.3 is 17.9 Å². The summed E-state index contributed by atoms with van der Waals surface area (Å²) in [5, 5.41) is 12.9. The fraction of sp³-hybridized carbons (Fsp3) is 0.312. The summed E-state index contributed by atoms with van der Waals surface area (Å²) in [5.41, 5.74) is 0.715.